The quantitative estimate of drug-likeness (QED) is 0.498. The molecule has 29 heavy (non-hydrogen) atoms. The van der Waals surface area contributed by atoms with Crippen LogP contribution in [0.1, 0.15) is 12.5 Å². The first-order chi connectivity index (χ1) is 14.2. The minimum absolute atomic E-state index is 0.202. The highest BCUT2D eigenvalue weighted by molar-refractivity contribution is 6.02. The second-order valence-electron chi connectivity index (χ2n) is 6.35. The molecule has 0 aliphatic heterocycles. The van der Waals surface area contributed by atoms with Crippen LogP contribution in [0.25, 0.3) is 22.8 Å². The second-order valence-corrected chi connectivity index (χ2v) is 6.35. The van der Waals surface area contributed by atoms with Crippen LogP contribution in [-0.4, -0.2) is 27.5 Å². The van der Waals surface area contributed by atoms with Gasteiger partial charge < -0.3 is 10.1 Å². The Morgan fingerprint density at radius 1 is 1.00 bits per heavy atom. The molecule has 0 spiro atoms. The van der Waals surface area contributed by atoms with Crippen molar-refractivity contribution in [2.75, 3.05) is 11.9 Å². The number of fused-ring (bicyclic) bond motifs is 1. The molecule has 1 amide bonds. The molecule has 6 heteroatoms. The fraction of sp³-hybridized carbons (Fsp3) is 0.0870. The van der Waals surface area contributed by atoms with Gasteiger partial charge in [0.15, 0.2) is 0 Å². The van der Waals surface area contributed by atoms with E-state index in [9.17, 15) is 4.79 Å². The van der Waals surface area contributed by atoms with Gasteiger partial charge in [-0.2, -0.15) is 4.80 Å². The summed E-state index contributed by atoms with van der Waals surface area (Å²) in [6.45, 7) is 2.57. The van der Waals surface area contributed by atoms with Gasteiger partial charge in [-0.15, -0.1) is 10.2 Å². The fourth-order valence-electron chi connectivity index (χ4n) is 2.87. The minimum Gasteiger partial charge on any atom is -0.494 e. The zero-order valence-corrected chi connectivity index (χ0v) is 15.9. The van der Waals surface area contributed by atoms with E-state index < -0.39 is 0 Å². The molecule has 4 aromatic rings. The molecule has 144 valence electrons. The van der Waals surface area contributed by atoms with E-state index in [0.717, 1.165) is 22.5 Å². The number of anilines is 1. The van der Waals surface area contributed by atoms with Crippen LogP contribution < -0.4 is 10.1 Å². The number of nitrogens with one attached hydrogen (secondary N) is 1. The first-order valence-electron chi connectivity index (χ1n) is 9.36. The monoisotopic (exact) mass is 384 g/mol. The summed E-state index contributed by atoms with van der Waals surface area (Å²) in [6, 6.07) is 22.7. The van der Waals surface area contributed by atoms with Gasteiger partial charge in [0.05, 0.1) is 12.3 Å². The molecule has 0 fully saturated rings. The summed E-state index contributed by atoms with van der Waals surface area (Å²) in [5.41, 5.74) is 3.91. The molecular formula is C23H20N4O2. The summed E-state index contributed by atoms with van der Waals surface area (Å²) in [4.78, 5) is 13.8. The number of hydrogen-bond acceptors (Lipinski definition) is 4. The lowest BCUT2D eigenvalue weighted by Crippen LogP contribution is -2.07. The first-order valence-corrected chi connectivity index (χ1v) is 9.36. The van der Waals surface area contributed by atoms with E-state index in [0.29, 0.717) is 17.8 Å². The Kier molecular flexibility index (Phi) is 5.33. The molecule has 0 aliphatic rings. The molecule has 0 saturated heterocycles. The minimum atomic E-state index is -0.202. The Morgan fingerprint density at radius 3 is 2.52 bits per heavy atom. The normalized spacial score (nSPS) is 11.1. The number of benzene rings is 3. The zero-order valence-electron chi connectivity index (χ0n) is 15.9. The predicted octanol–water partition coefficient (Wildman–Crippen LogP) is 4.47. The van der Waals surface area contributed by atoms with Crippen LogP contribution in [-0.2, 0) is 4.79 Å². The van der Waals surface area contributed by atoms with Crippen LogP contribution in [0.2, 0.25) is 0 Å². The highest BCUT2D eigenvalue weighted by Gasteiger charge is 2.07. The van der Waals surface area contributed by atoms with Crippen molar-refractivity contribution in [1.82, 2.24) is 15.0 Å². The number of carbonyl (C=O) groups is 1. The van der Waals surface area contributed by atoms with Crippen molar-refractivity contribution < 1.29 is 9.53 Å². The maximum absolute atomic E-state index is 12.2. The fourth-order valence-corrected chi connectivity index (χ4v) is 2.87. The van der Waals surface area contributed by atoms with Gasteiger partial charge in [0.2, 0.25) is 5.91 Å². The third kappa shape index (κ3) is 4.50. The van der Waals surface area contributed by atoms with Crippen LogP contribution in [0.3, 0.4) is 0 Å². The van der Waals surface area contributed by atoms with Gasteiger partial charge >= 0.3 is 0 Å². The van der Waals surface area contributed by atoms with Crippen LogP contribution >= 0.6 is 0 Å². The zero-order chi connectivity index (χ0) is 20.1. The van der Waals surface area contributed by atoms with Crippen LogP contribution in [0.15, 0.2) is 78.9 Å². The van der Waals surface area contributed by atoms with Gasteiger partial charge in [0.1, 0.15) is 16.8 Å². The van der Waals surface area contributed by atoms with Crippen LogP contribution in [0.5, 0.6) is 5.75 Å². The van der Waals surface area contributed by atoms with Gasteiger partial charge in [-0.3, -0.25) is 4.79 Å². The Balaban J connectivity index is 1.49. The third-order valence-electron chi connectivity index (χ3n) is 4.25. The molecule has 6 nitrogen and oxygen atoms in total. The summed E-state index contributed by atoms with van der Waals surface area (Å²) in [6.07, 6.45) is 3.28. The molecule has 3 aromatic carbocycles. The summed E-state index contributed by atoms with van der Waals surface area (Å²) >= 11 is 0. The number of nitrogens with zero attached hydrogens (tertiary/aromatic N) is 3. The molecule has 0 unspecified atom stereocenters. The van der Waals surface area contributed by atoms with Gasteiger partial charge in [0, 0.05) is 11.8 Å². The van der Waals surface area contributed by atoms with Gasteiger partial charge in [0.25, 0.3) is 0 Å². The lowest BCUT2D eigenvalue weighted by Gasteiger charge is -2.03. The third-order valence-corrected chi connectivity index (χ3v) is 4.25. The molecule has 0 atom stereocenters. The van der Waals surface area contributed by atoms with E-state index in [1.165, 1.54) is 6.08 Å². The molecule has 4 rings (SSSR count). The molecule has 0 bridgehead atoms. The van der Waals surface area contributed by atoms with E-state index in [1.54, 1.807) is 10.9 Å². The smallest absolute Gasteiger partial charge is 0.248 e. The number of rotatable bonds is 6. The maximum atomic E-state index is 12.2. The van der Waals surface area contributed by atoms with E-state index in [-0.39, 0.29) is 5.91 Å². The summed E-state index contributed by atoms with van der Waals surface area (Å²) in [5, 5.41) is 11.9. The van der Waals surface area contributed by atoms with Gasteiger partial charge in [-0.05, 0) is 61.0 Å². The van der Waals surface area contributed by atoms with E-state index >= 15 is 0 Å². The molecular weight excluding hydrogens is 364 g/mol. The molecule has 0 saturated carbocycles. The standard InChI is InChI=1S/C23H20N4O2/c1-2-29-20-12-10-19(11-13-20)27-25-21-14-9-18(16-22(21)26-27)24-23(28)15-8-17-6-4-3-5-7-17/h3-16H,2H2,1H3,(H,24,28)/b15-8-. The van der Waals surface area contributed by atoms with Crippen molar-refractivity contribution >= 4 is 28.7 Å². The van der Waals surface area contributed by atoms with Crippen molar-refractivity contribution in [3.63, 3.8) is 0 Å². The van der Waals surface area contributed by atoms with Crippen molar-refractivity contribution in [3.8, 4) is 11.4 Å². The molecule has 0 radical (unpaired) electrons. The largest absolute Gasteiger partial charge is 0.494 e. The van der Waals surface area contributed by atoms with Crippen molar-refractivity contribution in [2.45, 2.75) is 6.92 Å². The number of ether oxygens (including phenoxy) is 1. The Bertz CT molecular complexity index is 1150. The average Bonchev–Trinajstić information content (AvgIpc) is 3.17. The van der Waals surface area contributed by atoms with Crippen molar-refractivity contribution in [1.29, 1.82) is 0 Å². The topological polar surface area (TPSA) is 69.0 Å². The molecule has 0 aliphatic carbocycles. The van der Waals surface area contributed by atoms with Crippen molar-refractivity contribution in [3.05, 3.63) is 84.4 Å². The SMILES string of the molecule is CCOc1ccc(-n2nc3ccc(NC(=O)/C=C\c4ccccc4)cc3n2)cc1. The van der Waals surface area contributed by atoms with E-state index in [2.05, 4.69) is 15.5 Å². The number of amides is 1. The average molecular weight is 384 g/mol. The van der Waals surface area contributed by atoms with Crippen LogP contribution in [0.4, 0.5) is 5.69 Å². The number of aromatic nitrogens is 3. The molecule has 1 N–H and O–H groups in total. The van der Waals surface area contributed by atoms with Crippen LogP contribution in [0, 0.1) is 0 Å². The molecule has 1 aromatic heterocycles. The summed E-state index contributed by atoms with van der Waals surface area (Å²) in [7, 11) is 0. The lowest BCUT2D eigenvalue weighted by molar-refractivity contribution is -0.111. The first kappa shape index (κ1) is 18.4. The Hall–Kier alpha value is -3.93. The number of hydrogen-bond donors (Lipinski definition) is 1. The highest BCUT2D eigenvalue weighted by Crippen LogP contribution is 2.19. The summed E-state index contributed by atoms with van der Waals surface area (Å²) < 4.78 is 5.46. The van der Waals surface area contributed by atoms with Crippen molar-refractivity contribution in [2.24, 2.45) is 0 Å². The van der Waals surface area contributed by atoms with E-state index in [4.69, 9.17) is 4.74 Å². The lowest BCUT2D eigenvalue weighted by atomic mass is 10.2. The predicted molar refractivity (Wildman–Crippen MR) is 114 cm³/mol. The summed E-state index contributed by atoms with van der Waals surface area (Å²) in [5.74, 6) is 0.605. The number of carbonyl (C=O) groups excluding carboxylic acids is 1. The highest BCUT2D eigenvalue weighted by atomic mass is 16.5. The van der Waals surface area contributed by atoms with Gasteiger partial charge in [-0.1, -0.05) is 30.3 Å². The molecule has 1 heterocycles. The Morgan fingerprint density at radius 2 is 1.76 bits per heavy atom. The van der Waals surface area contributed by atoms with Gasteiger partial charge in [-0.25, -0.2) is 0 Å². The Labute approximate surface area is 168 Å². The maximum Gasteiger partial charge on any atom is 0.248 e. The van der Waals surface area contributed by atoms with E-state index in [1.807, 2.05) is 79.7 Å². The second kappa shape index (κ2) is 8.39.